The molecule has 0 aliphatic carbocycles. The Hall–Kier alpha value is -2.82. The van der Waals surface area contributed by atoms with Crippen LogP contribution < -0.4 is 9.64 Å². The third kappa shape index (κ3) is 5.12. The van der Waals surface area contributed by atoms with Crippen LogP contribution in [0.1, 0.15) is 36.0 Å². The van der Waals surface area contributed by atoms with Crippen molar-refractivity contribution >= 4 is 17.4 Å². The molecule has 148 valence electrons. The van der Waals surface area contributed by atoms with Gasteiger partial charge in [-0.25, -0.2) is 0 Å². The van der Waals surface area contributed by atoms with Crippen LogP contribution in [0.3, 0.4) is 0 Å². The summed E-state index contributed by atoms with van der Waals surface area (Å²) in [5.41, 5.74) is 1.83. The van der Waals surface area contributed by atoms with Gasteiger partial charge in [0.1, 0.15) is 5.75 Å². The van der Waals surface area contributed by atoms with E-state index in [1.807, 2.05) is 53.4 Å². The molecule has 1 fully saturated rings. The maximum atomic E-state index is 12.5. The fourth-order valence-corrected chi connectivity index (χ4v) is 3.58. The van der Waals surface area contributed by atoms with Gasteiger partial charge in [-0.15, -0.1) is 0 Å². The predicted octanol–water partition coefficient (Wildman–Crippen LogP) is 3.79. The van der Waals surface area contributed by atoms with E-state index >= 15 is 0 Å². The van der Waals surface area contributed by atoms with E-state index in [2.05, 4.69) is 11.0 Å². The Morgan fingerprint density at radius 3 is 2.21 bits per heavy atom. The maximum absolute atomic E-state index is 12.5. The van der Waals surface area contributed by atoms with Gasteiger partial charge in [-0.1, -0.05) is 42.5 Å². The summed E-state index contributed by atoms with van der Waals surface area (Å²) < 4.78 is 5.44. The number of hydrogen-bond acceptors (Lipinski definition) is 4. The second-order valence-electron chi connectivity index (χ2n) is 7.04. The molecule has 28 heavy (non-hydrogen) atoms. The third-order valence-electron chi connectivity index (χ3n) is 5.20. The Balaban J connectivity index is 1.39. The highest BCUT2D eigenvalue weighted by atomic mass is 16.5. The number of anilines is 1. The van der Waals surface area contributed by atoms with Gasteiger partial charge in [0.15, 0.2) is 5.78 Å². The van der Waals surface area contributed by atoms with Crippen molar-refractivity contribution in [3.05, 3.63) is 60.2 Å². The highest BCUT2D eigenvalue weighted by molar-refractivity contribution is 5.95. The van der Waals surface area contributed by atoms with Crippen LogP contribution in [0.25, 0.3) is 0 Å². The summed E-state index contributed by atoms with van der Waals surface area (Å²) in [6, 6.07) is 17.3. The Morgan fingerprint density at radius 1 is 0.857 bits per heavy atom. The Morgan fingerprint density at radius 2 is 1.50 bits per heavy atom. The summed E-state index contributed by atoms with van der Waals surface area (Å²) in [4.78, 5) is 28.8. The molecular weight excluding hydrogens is 352 g/mol. The third-order valence-corrected chi connectivity index (χ3v) is 5.20. The summed E-state index contributed by atoms with van der Waals surface area (Å²) in [5.74, 6) is 1.20. The molecule has 0 N–H and O–H groups in total. The van der Waals surface area contributed by atoms with Crippen LogP contribution in [0, 0.1) is 0 Å². The minimum atomic E-state index is 0.151. The molecule has 0 unspecified atom stereocenters. The summed E-state index contributed by atoms with van der Waals surface area (Å²) >= 11 is 0. The van der Waals surface area contributed by atoms with Gasteiger partial charge >= 0.3 is 0 Å². The molecule has 3 rings (SSSR count). The standard InChI is InChI=1S/C23H28N2O3/c1-28-22-13-7-5-11-20(22)24-15-17-25(18-16-24)23(27)14-8-6-12-21(26)19-9-3-2-4-10-19/h2-5,7,9-11,13H,6,8,12,14-18H2,1H3. The molecule has 1 heterocycles. The lowest BCUT2D eigenvalue weighted by molar-refractivity contribution is -0.131. The number of Topliss-reactive ketones (excluding diaryl/α,β-unsaturated/α-hetero) is 1. The second-order valence-corrected chi connectivity index (χ2v) is 7.04. The number of carbonyl (C=O) groups excluding carboxylic acids is 2. The van der Waals surface area contributed by atoms with E-state index in [-0.39, 0.29) is 11.7 Å². The Kier molecular flexibility index (Phi) is 7.06. The molecular formula is C23H28N2O3. The molecule has 5 heteroatoms. The molecule has 1 aliphatic heterocycles. The van der Waals surface area contributed by atoms with Gasteiger partial charge in [0.2, 0.25) is 5.91 Å². The van der Waals surface area contributed by atoms with Gasteiger partial charge in [-0.3, -0.25) is 9.59 Å². The first-order valence-corrected chi connectivity index (χ1v) is 9.93. The van der Waals surface area contributed by atoms with Gasteiger partial charge in [-0.05, 0) is 25.0 Å². The normalized spacial score (nSPS) is 14.0. The van der Waals surface area contributed by atoms with E-state index in [0.29, 0.717) is 12.8 Å². The molecule has 2 aromatic rings. The lowest BCUT2D eigenvalue weighted by Gasteiger charge is -2.36. The molecule has 0 atom stereocenters. The van der Waals surface area contributed by atoms with Crippen LogP contribution in [0.5, 0.6) is 5.75 Å². The van der Waals surface area contributed by atoms with Crippen molar-refractivity contribution in [1.82, 2.24) is 4.90 Å². The Labute approximate surface area is 166 Å². The topological polar surface area (TPSA) is 49.9 Å². The first-order valence-electron chi connectivity index (χ1n) is 9.93. The monoisotopic (exact) mass is 380 g/mol. The smallest absolute Gasteiger partial charge is 0.222 e. The molecule has 1 saturated heterocycles. The average molecular weight is 380 g/mol. The van der Waals surface area contributed by atoms with Crippen LogP contribution >= 0.6 is 0 Å². The van der Waals surface area contributed by atoms with E-state index in [0.717, 1.165) is 56.0 Å². The van der Waals surface area contributed by atoms with E-state index in [9.17, 15) is 9.59 Å². The highest BCUT2D eigenvalue weighted by Gasteiger charge is 2.22. The quantitative estimate of drug-likeness (QED) is 0.516. The minimum absolute atomic E-state index is 0.151. The molecule has 0 bridgehead atoms. The summed E-state index contributed by atoms with van der Waals surface area (Å²) in [6.45, 7) is 3.05. The van der Waals surface area contributed by atoms with Crippen molar-refractivity contribution in [3.63, 3.8) is 0 Å². The number of methoxy groups -OCH3 is 1. The lowest BCUT2D eigenvalue weighted by atomic mass is 10.0. The van der Waals surface area contributed by atoms with Crippen LogP contribution in [0.15, 0.2) is 54.6 Å². The zero-order valence-corrected chi connectivity index (χ0v) is 16.5. The number of carbonyl (C=O) groups is 2. The van der Waals surface area contributed by atoms with Gasteiger partial charge < -0.3 is 14.5 Å². The van der Waals surface area contributed by atoms with Gasteiger partial charge in [0, 0.05) is 44.6 Å². The van der Waals surface area contributed by atoms with Crippen LogP contribution in [0.4, 0.5) is 5.69 Å². The number of benzene rings is 2. The highest BCUT2D eigenvalue weighted by Crippen LogP contribution is 2.28. The number of ether oxygens (including phenoxy) is 1. The summed E-state index contributed by atoms with van der Waals surface area (Å²) in [6.07, 6.45) is 2.51. The molecule has 1 aliphatic rings. The molecule has 5 nitrogen and oxygen atoms in total. The average Bonchev–Trinajstić information content (AvgIpc) is 2.77. The minimum Gasteiger partial charge on any atom is -0.495 e. The largest absolute Gasteiger partial charge is 0.495 e. The molecule has 2 aromatic carbocycles. The van der Waals surface area contributed by atoms with Crippen LogP contribution in [-0.2, 0) is 4.79 Å². The van der Waals surface area contributed by atoms with Gasteiger partial charge in [0.05, 0.1) is 12.8 Å². The van der Waals surface area contributed by atoms with E-state index in [1.165, 1.54) is 0 Å². The van der Waals surface area contributed by atoms with Crippen molar-refractivity contribution < 1.29 is 14.3 Å². The van der Waals surface area contributed by atoms with Gasteiger partial charge in [-0.2, -0.15) is 0 Å². The number of unbranched alkanes of at least 4 members (excludes halogenated alkanes) is 1. The van der Waals surface area contributed by atoms with E-state index in [4.69, 9.17) is 4.74 Å². The number of para-hydroxylation sites is 2. The number of rotatable bonds is 8. The number of amides is 1. The summed E-state index contributed by atoms with van der Waals surface area (Å²) in [5, 5.41) is 0. The zero-order chi connectivity index (χ0) is 19.8. The number of nitrogens with zero attached hydrogens (tertiary/aromatic N) is 2. The van der Waals surface area contributed by atoms with Crippen molar-refractivity contribution in [2.75, 3.05) is 38.2 Å². The maximum Gasteiger partial charge on any atom is 0.222 e. The van der Waals surface area contributed by atoms with Gasteiger partial charge in [0.25, 0.3) is 0 Å². The number of hydrogen-bond donors (Lipinski definition) is 0. The van der Waals surface area contributed by atoms with Crippen molar-refractivity contribution in [3.8, 4) is 5.75 Å². The fourth-order valence-electron chi connectivity index (χ4n) is 3.58. The molecule has 1 amide bonds. The molecule has 0 saturated carbocycles. The second kappa shape index (κ2) is 9.93. The van der Waals surface area contributed by atoms with Crippen LogP contribution in [0.2, 0.25) is 0 Å². The van der Waals surface area contributed by atoms with Crippen LogP contribution in [-0.4, -0.2) is 49.9 Å². The molecule has 0 aromatic heterocycles. The SMILES string of the molecule is COc1ccccc1N1CCN(C(=O)CCCCC(=O)c2ccccc2)CC1. The first-order chi connectivity index (χ1) is 13.7. The predicted molar refractivity (Wildman–Crippen MR) is 111 cm³/mol. The lowest BCUT2D eigenvalue weighted by Crippen LogP contribution is -2.48. The van der Waals surface area contributed by atoms with Crippen molar-refractivity contribution in [1.29, 1.82) is 0 Å². The van der Waals surface area contributed by atoms with Crippen molar-refractivity contribution in [2.45, 2.75) is 25.7 Å². The summed E-state index contributed by atoms with van der Waals surface area (Å²) in [7, 11) is 1.68. The van der Waals surface area contributed by atoms with E-state index in [1.54, 1.807) is 7.11 Å². The number of ketones is 1. The first kappa shape index (κ1) is 19.9. The van der Waals surface area contributed by atoms with Crippen molar-refractivity contribution in [2.24, 2.45) is 0 Å². The van der Waals surface area contributed by atoms with E-state index < -0.39 is 0 Å². The molecule has 0 spiro atoms. The Bertz CT molecular complexity index is 783. The number of piperazine rings is 1. The zero-order valence-electron chi connectivity index (χ0n) is 16.5. The molecule has 0 radical (unpaired) electrons. The fraction of sp³-hybridized carbons (Fsp3) is 0.391.